The summed E-state index contributed by atoms with van der Waals surface area (Å²) in [7, 11) is -0.993. The number of fused-ring (bicyclic) bond motifs is 8. The van der Waals surface area contributed by atoms with Crippen molar-refractivity contribution in [1.82, 2.24) is 9.88 Å². The van der Waals surface area contributed by atoms with E-state index in [0.29, 0.717) is 17.6 Å². The Hall–Kier alpha value is -2.30. The summed E-state index contributed by atoms with van der Waals surface area (Å²) in [6.07, 6.45) is 5.23. The summed E-state index contributed by atoms with van der Waals surface area (Å²) in [6, 6.07) is 22.4. The molecule has 4 heteroatoms. The molecule has 3 aromatic rings. The second-order valence-electron chi connectivity index (χ2n) is 9.60. The van der Waals surface area contributed by atoms with Crippen LogP contribution in [0.3, 0.4) is 0 Å². The topological polar surface area (TPSA) is 33.2 Å². The fourth-order valence-corrected chi connectivity index (χ4v) is 7.58. The molecule has 1 fully saturated rings. The highest BCUT2D eigenvalue weighted by Crippen LogP contribution is 2.60. The van der Waals surface area contributed by atoms with Crippen molar-refractivity contribution < 1.29 is 4.21 Å². The average Bonchev–Trinajstić information content (AvgIpc) is 3.36. The minimum Gasteiger partial charge on any atom is -0.302 e. The van der Waals surface area contributed by atoms with Crippen LogP contribution in [0.5, 0.6) is 0 Å². The molecule has 0 spiro atoms. The molecule has 0 amide bonds. The van der Waals surface area contributed by atoms with Crippen molar-refractivity contribution in [3.63, 3.8) is 0 Å². The van der Waals surface area contributed by atoms with Gasteiger partial charge in [-0.05, 0) is 72.2 Å². The third kappa shape index (κ3) is 3.03. The third-order valence-corrected chi connectivity index (χ3v) is 9.35. The summed E-state index contributed by atoms with van der Waals surface area (Å²) in [6.45, 7) is 5.26. The van der Waals surface area contributed by atoms with Crippen molar-refractivity contribution in [2.75, 3.05) is 25.4 Å². The maximum atomic E-state index is 12.5. The fourth-order valence-electron chi connectivity index (χ4n) is 6.63. The van der Waals surface area contributed by atoms with E-state index in [1.165, 1.54) is 12.0 Å². The van der Waals surface area contributed by atoms with E-state index in [-0.39, 0.29) is 5.41 Å². The van der Waals surface area contributed by atoms with Crippen LogP contribution < -0.4 is 0 Å². The molecule has 2 aromatic carbocycles. The molecule has 3 aliphatic rings. The van der Waals surface area contributed by atoms with Crippen LogP contribution in [-0.4, -0.2) is 39.5 Å². The molecule has 0 N–H and O–H groups in total. The summed E-state index contributed by atoms with van der Waals surface area (Å²) in [5.74, 6) is 1.65. The van der Waals surface area contributed by atoms with Gasteiger partial charge in [-0.15, -0.1) is 0 Å². The lowest BCUT2D eigenvalue weighted by Gasteiger charge is -2.40. The van der Waals surface area contributed by atoms with Crippen LogP contribution in [0, 0.1) is 0 Å². The molecule has 2 aliphatic carbocycles. The van der Waals surface area contributed by atoms with E-state index in [1.54, 1.807) is 28.5 Å². The van der Waals surface area contributed by atoms with E-state index < -0.39 is 10.8 Å². The molecule has 1 aromatic heterocycles. The predicted octanol–water partition coefficient (Wildman–Crippen LogP) is 5.22. The standard InChI is InChI=1S/C28H30N2OS/c1-2-32(31)27-21(10-7-15-29-27)20-13-16-30(17-14-20)19-28-18-24(22-8-3-5-11-25(22)28)23-9-4-6-12-26(23)28/h3-12,15,20,24H,2,13-14,16-19H2,1H3. The smallest absolute Gasteiger partial charge is 0.130 e. The lowest BCUT2D eigenvalue weighted by atomic mass is 9.74. The quantitative estimate of drug-likeness (QED) is 0.543. The molecule has 2 bridgehead atoms. The third-order valence-electron chi connectivity index (χ3n) is 8.06. The number of likely N-dealkylation sites (tertiary alicyclic amines) is 1. The van der Waals surface area contributed by atoms with Crippen LogP contribution in [0.1, 0.15) is 65.8 Å². The summed E-state index contributed by atoms with van der Waals surface area (Å²) in [5.41, 5.74) is 7.54. The van der Waals surface area contributed by atoms with Gasteiger partial charge in [0, 0.05) is 29.8 Å². The van der Waals surface area contributed by atoms with Gasteiger partial charge in [-0.25, -0.2) is 4.98 Å². The Morgan fingerprint density at radius 1 is 0.938 bits per heavy atom. The lowest BCUT2D eigenvalue weighted by Crippen LogP contribution is -2.43. The van der Waals surface area contributed by atoms with E-state index in [4.69, 9.17) is 0 Å². The molecular weight excluding hydrogens is 412 g/mol. The van der Waals surface area contributed by atoms with Crippen LogP contribution in [0.15, 0.2) is 71.9 Å². The summed E-state index contributed by atoms with van der Waals surface area (Å²) in [4.78, 5) is 7.18. The summed E-state index contributed by atoms with van der Waals surface area (Å²) >= 11 is 0. The Bertz CT molecular complexity index is 1130. The first-order valence-corrected chi connectivity index (χ1v) is 13.3. The molecule has 0 saturated carbocycles. The van der Waals surface area contributed by atoms with Gasteiger partial charge in [-0.1, -0.05) is 61.5 Å². The monoisotopic (exact) mass is 442 g/mol. The zero-order chi connectivity index (χ0) is 21.7. The normalized spacial score (nSPS) is 25.5. The van der Waals surface area contributed by atoms with Gasteiger partial charge in [-0.2, -0.15) is 0 Å². The first-order chi connectivity index (χ1) is 15.7. The van der Waals surface area contributed by atoms with Crippen molar-refractivity contribution >= 4 is 10.8 Å². The molecule has 2 heterocycles. The van der Waals surface area contributed by atoms with Crippen molar-refractivity contribution in [3.8, 4) is 0 Å². The van der Waals surface area contributed by atoms with Gasteiger partial charge in [0.15, 0.2) is 0 Å². The van der Waals surface area contributed by atoms with Crippen molar-refractivity contribution in [1.29, 1.82) is 0 Å². The molecular formula is C28H30N2OS. The second kappa shape index (κ2) is 7.93. The highest BCUT2D eigenvalue weighted by atomic mass is 32.2. The Morgan fingerprint density at radius 2 is 1.56 bits per heavy atom. The fraction of sp³-hybridized carbons (Fsp3) is 0.393. The van der Waals surface area contributed by atoms with Gasteiger partial charge in [0.25, 0.3) is 0 Å². The first kappa shape index (κ1) is 20.3. The SMILES string of the molecule is CCS(=O)c1ncccc1C1CCN(CC23CC(c4ccccc42)c2ccccc23)CC1. The highest BCUT2D eigenvalue weighted by molar-refractivity contribution is 7.85. The second-order valence-corrected chi connectivity index (χ2v) is 11.3. The number of pyridine rings is 1. The van der Waals surface area contributed by atoms with E-state index in [0.717, 1.165) is 37.5 Å². The Morgan fingerprint density at radius 3 is 2.22 bits per heavy atom. The predicted molar refractivity (Wildman–Crippen MR) is 130 cm³/mol. The van der Waals surface area contributed by atoms with Crippen molar-refractivity contribution in [2.45, 2.75) is 48.5 Å². The maximum Gasteiger partial charge on any atom is 0.130 e. The molecule has 3 nitrogen and oxygen atoms in total. The zero-order valence-electron chi connectivity index (χ0n) is 18.7. The average molecular weight is 443 g/mol. The molecule has 32 heavy (non-hydrogen) atoms. The largest absolute Gasteiger partial charge is 0.302 e. The number of aromatic nitrogens is 1. The van der Waals surface area contributed by atoms with Crippen LogP contribution >= 0.6 is 0 Å². The zero-order valence-corrected chi connectivity index (χ0v) is 19.5. The van der Waals surface area contributed by atoms with Gasteiger partial charge in [0.2, 0.25) is 0 Å². The van der Waals surface area contributed by atoms with E-state index in [1.807, 2.05) is 13.0 Å². The van der Waals surface area contributed by atoms with Gasteiger partial charge in [0.05, 0.1) is 10.8 Å². The van der Waals surface area contributed by atoms with Crippen molar-refractivity contribution in [3.05, 3.63) is 94.7 Å². The summed E-state index contributed by atoms with van der Waals surface area (Å²) < 4.78 is 12.5. The van der Waals surface area contributed by atoms with Crippen LogP contribution in [0.2, 0.25) is 0 Å². The number of benzene rings is 2. The van der Waals surface area contributed by atoms with Gasteiger partial charge in [-0.3, -0.25) is 4.21 Å². The van der Waals surface area contributed by atoms with Gasteiger partial charge in [0.1, 0.15) is 5.03 Å². The molecule has 1 saturated heterocycles. The minimum absolute atomic E-state index is 0.133. The van der Waals surface area contributed by atoms with Crippen molar-refractivity contribution in [2.24, 2.45) is 0 Å². The molecule has 1 unspecified atom stereocenters. The number of hydrogen-bond donors (Lipinski definition) is 0. The molecule has 1 aliphatic heterocycles. The Kier molecular flexibility index (Phi) is 5.03. The lowest BCUT2D eigenvalue weighted by molar-refractivity contribution is 0.180. The molecule has 1 atom stereocenters. The number of nitrogens with zero attached hydrogens (tertiary/aromatic N) is 2. The van der Waals surface area contributed by atoms with Crippen LogP contribution in [0.4, 0.5) is 0 Å². The van der Waals surface area contributed by atoms with Crippen LogP contribution in [0.25, 0.3) is 0 Å². The Labute approximate surface area is 193 Å². The van der Waals surface area contributed by atoms with E-state index in [2.05, 4.69) is 64.5 Å². The van der Waals surface area contributed by atoms with E-state index >= 15 is 0 Å². The molecule has 0 radical (unpaired) electrons. The van der Waals surface area contributed by atoms with Gasteiger partial charge >= 0.3 is 0 Å². The molecule has 164 valence electrons. The highest BCUT2D eigenvalue weighted by Gasteiger charge is 2.53. The van der Waals surface area contributed by atoms with Gasteiger partial charge < -0.3 is 4.90 Å². The van der Waals surface area contributed by atoms with E-state index in [9.17, 15) is 4.21 Å². The first-order valence-electron chi connectivity index (χ1n) is 12.0. The minimum atomic E-state index is -0.993. The number of rotatable bonds is 5. The van der Waals surface area contributed by atoms with Crippen LogP contribution in [-0.2, 0) is 16.2 Å². The number of piperidine rings is 1. The molecule has 6 rings (SSSR count). The summed E-state index contributed by atoms with van der Waals surface area (Å²) in [5, 5.41) is 0.810. The number of hydrogen-bond acceptors (Lipinski definition) is 3. The maximum absolute atomic E-state index is 12.5. The Balaban J connectivity index is 1.25.